The van der Waals surface area contributed by atoms with Crippen molar-refractivity contribution in [1.82, 2.24) is 20.9 Å². The van der Waals surface area contributed by atoms with Gasteiger partial charge in [-0.25, -0.2) is 0 Å². The monoisotopic (exact) mass is 645 g/mol. The molecule has 0 rings (SSSR count). The van der Waals surface area contributed by atoms with Gasteiger partial charge >= 0.3 is 0 Å². The van der Waals surface area contributed by atoms with Crippen LogP contribution in [0.25, 0.3) is 0 Å². The van der Waals surface area contributed by atoms with Crippen LogP contribution in [0.1, 0.15) is 120 Å². The molecule has 9 nitrogen and oxygen atoms in total. The Morgan fingerprint density at radius 2 is 1.38 bits per heavy atom. The summed E-state index contributed by atoms with van der Waals surface area (Å²) in [7, 11) is 6.59. The number of aliphatic hydroxyl groups is 1. The zero-order valence-corrected chi connectivity index (χ0v) is 31.0. The van der Waals surface area contributed by atoms with Crippen LogP contribution < -0.4 is 16.0 Å². The number of unbranched alkanes of at least 4 members (excludes halogenated alkanes) is 1. The molecular weight excluding hydrogens is 568 g/mol. The Labute approximate surface area is 282 Å². The normalized spacial score (nSPS) is 17.3. The van der Waals surface area contributed by atoms with Gasteiger partial charge in [0.25, 0.3) is 0 Å². The number of hydrogen-bond donors (Lipinski definition) is 4. The van der Waals surface area contributed by atoms with Gasteiger partial charge in [-0.2, -0.15) is 0 Å². The lowest BCUT2D eigenvalue weighted by atomic mass is 9.87. The molecule has 9 heteroatoms. The highest BCUT2D eigenvalue weighted by Crippen LogP contribution is 2.18. The molecule has 1 unspecified atom stereocenters. The maximum Gasteiger partial charge on any atom is 0.237 e. The van der Waals surface area contributed by atoms with E-state index in [0.717, 1.165) is 12.8 Å². The number of aliphatic hydroxyl groups excluding tert-OH is 1. The van der Waals surface area contributed by atoms with Crippen molar-refractivity contribution in [3.63, 3.8) is 0 Å². The van der Waals surface area contributed by atoms with E-state index in [1.165, 1.54) is 23.8 Å². The predicted molar refractivity (Wildman–Crippen MR) is 189 cm³/mol. The van der Waals surface area contributed by atoms with Gasteiger partial charge in [0.1, 0.15) is 6.04 Å². The largest absolute Gasteiger partial charge is 0.391 e. The molecule has 0 radical (unpaired) electrons. The summed E-state index contributed by atoms with van der Waals surface area (Å²) >= 11 is 0. The van der Waals surface area contributed by atoms with Gasteiger partial charge in [0.15, 0.2) is 5.78 Å². The number of carbonyl (C=O) groups is 4. The molecule has 0 aromatic rings. The second-order valence-electron chi connectivity index (χ2n) is 13.1. The lowest BCUT2D eigenvalue weighted by Gasteiger charge is -2.32. The van der Waals surface area contributed by atoms with Crippen molar-refractivity contribution < 1.29 is 29.8 Å². The van der Waals surface area contributed by atoms with Crippen LogP contribution in [-0.2, 0) is 19.2 Å². The van der Waals surface area contributed by atoms with E-state index in [9.17, 15) is 24.3 Å². The minimum Gasteiger partial charge on any atom is -0.391 e. The number of hydrogen-bond acceptors (Lipinski definition) is 8. The number of nitrogens with one attached hydrogen (secondary N) is 3. The van der Waals surface area contributed by atoms with Crippen molar-refractivity contribution in [1.29, 1.82) is 0 Å². The molecule has 266 valence electrons. The molecule has 0 aliphatic rings. The van der Waals surface area contributed by atoms with Crippen LogP contribution in [0.5, 0.6) is 0 Å². The zero-order chi connectivity index (χ0) is 39.2. The quantitative estimate of drug-likeness (QED) is 0.105. The smallest absolute Gasteiger partial charge is 0.237 e. The first-order valence-electron chi connectivity index (χ1n) is 18.8. The van der Waals surface area contributed by atoms with Crippen molar-refractivity contribution in [3.8, 4) is 0 Å². The van der Waals surface area contributed by atoms with Crippen molar-refractivity contribution in [3.05, 3.63) is 12.1 Å². The minimum atomic E-state index is -2.51. The van der Waals surface area contributed by atoms with Crippen molar-refractivity contribution in [2.75, 3.05) is 28.2 Å². The maximum absolute atomic E-state index is 12.7. The third kappa shape index (κ3) is 20.0. The van der Waals surface area contributed by atoms with Crippen LogP contribution in [0, 0.1) is 23.7 Å². The van der Waals surface area contributed by atoms with Crippen LogP contribution in [0.4, 0.5) is 0 Å². The Morgan fingerprint density at radius 3 is 1.73 bits per heavy atom. The fourth-order valence-corrected chi connectivity index (χ4v) is 4.56. The SMILES string of the molecule is CCCC.CCCC(=O)[C@@H](NC(=O)[C@H](CC(C)C)NC)C(C)C.[2H]/C(=C\C[C@@H](C)[C@@H](O)C(C(=O)C(=O)[C@@H](NC)C(C)C)N(C)C)C([2H])([2H])[2H]. The highest BCUT2D eigenvalue weighted by atomic mass is 16.3. The predicted octanol–water partition coefficient (Wildman–Crippen LogP) is 5.20. The summed E-state index contributed by atoms with van der Waals surface area (Å²) in [6.07, 6.45) is 4.92. The standard InChI is InChI=1S/C17H32N2O3.C15H30N2O2.C4H10/c1-8-9-10-12(4)15(20)14(19(6)7)17(22)16(21)13(18-5)11(2)3;1-7-8-13(18)14(11(4)5)17-15(19)12(16-6)9-10(2)3;1-3-4-2/h8-9,11-15,18,20H,10H2,1-7H3;10-12,14,16H,7-9H2,1-6H3,(H,17,19);3-4H2,1-2H3/b9-8+;;/t12-,13+,14?,15-;12-,14-;/m10./s1/i1D3,8D;;. The summed E-state index contributed by atoms with van der Waals surface area (Å²) in [5, 5.41) is 19.4. The number of ketones is 3. The van der Waals surface area contributed by atoms with Crippen LogP contribution in [-0.4, -0.2) is 91.7 Å². The van der Waals surface area contributed by atoms with Gasteiger partial charge in [0, 0.05) is 10.5 Å². The number of nitrogens with zero attached hydrogens (tertiary/aromatic N) is 1. The average molecular weight is 645 g/mol. The first-order valence-corrected chi connectivity index (χ1v) is 16.8. The first kappa shape index (κ1) is 39.2. The van der Waals surface area contributed by atoms with Gasteiger partial charge in [-0.3, -0.25) is 24.1 Å². The fourth-order valence-electron chi connectivity index (χ4n) is 4.56. The summed E-state index contributed by atoms with van der Waals surface area (Å²) in [6.45, 7) is 17.2. The van der Waals surface area contributed by atoms with Crippen molar-refractivity contribution in [2.24, 2.45) is 23.7 Å². The summed E-state index contributed by atoms with van der Waals surface area (Å²) in [5.41, 5.74) is 0. The molecule has 0 fully saturated rings. The summed E-state index contributed by atoms with van der Waals surface area (Å²) in [5.74, 6) is -1.24. The Balaban J connectivity index is -0.000000807. The molecule has 6 atom stereocenters. The third-order valence-electron chi connectivity index (χ3n) is 7.51. The molecule has 0 saturated carbocycles. The lowest BCUT2D eigenvalue weighted by Crippen LogP contribution is -2.54. The molecule has 4 N–H and O–H groups in total. The number of allylic oxidation sites excluding steroid dienone is 2. The molecule has 0 aromatic heterocycles. The molecule has 0 aliphatic heterocycles. The number of Topliss-reactive ketones (excluding diaryl/α,β-unsaturated/α-hetero) is 3. The van der Waals surface area contributed by atoms with E-state index >= 15 is 0 Å². The van der Waals surface area contributed by atoms with E-state index in [1.54, 1.807) is 35.1 Å². The lowest BCUT2D eigenvalue weighted by molar-refractivity contribution is -0.144. The van der Waals surface area contributed by atoms with E-state index in [4.69, 9.17) is 5.48 Å². The second-order valence-corrected chi connectivity index (χ2v) is 13.1. The third-order valence-corrected chi connectivity index (χ3v) is 7.51. The molecular formula is C36H72N4O5. The first-order chi connectivity index (χ1) is 22.5. The van der Waals surface area contributed by atoms with E-state index in [1.807, 2.05) is 34.6 Å². The van der Waals surface area contributed by atoms with Crippen LogP contribution in [0.15, 0.2) is 12.1 Å². The molecule has 0 aliphatic carbocycles. The van der Waals surface area contributed by atoms with Crippen molar-refractivity contribution in [2.45, 2.75) is 145 Å². The Bertz CT molecular complexity index is 985. The summed E-state index contributed by atoms with van der Waals surface area (Å²) in [4.78, 5) is 50.9. The van der Waals surface area contributed by atoms with Crippen LogP contribution in [0.3, 0.4) is 0 Å². The van der Waals surface area contributed by atoms with Crippen LogP contribution >= 0.6 is 0 Å². The van der Waals surface area contributed by atoms with E-state index < -0.39 is 48.6 Å². The van der Waals surface area contributed by atoms with Gasteiger partial charge < -0.3 is 21.1 Å². The van der Waals surface area contributed by atoms with Gasteiger partial charge in [-0.15, -0.1) is 0 Å². The fraction of sp³-hybridized carbons (Fsp3) is 0.833. The molecule has 1 amide bonds. The van der Waals surface area contributed by atoms with Gasteiger partial charge in [-0.05, 0) is 78.0 Å². The number of amides is 1. The Hall–Kier alpha value is -1.94. The number of rotatable bonds is 20. The maximum atomic E-state index is 12.7. The Kier molecular flexibility index (Phi) is 23.7. The van der Waals surface area contributed by atoms with Gasteiger partial charge in [-0.1, -0.05) is 94.2 Å². The van der Waals surface area contributed by atoms with Gasteiger partial charge in [0.2, 0.25) is 17.5 Å². The molecule has 0 spiro atoms. The minimum absolute atomic E-state index is 0.0700. The highest BCUT2D eigenvalue weighted by Gasteiger charge is 2.38. The summed E-state index contributed by atoms with van der Waals surface area (Å²) < 4.78 is 29.0. The average Bonchev–Trinajstić information content (AvgIpc) is 3.00. The number of likely N-dealkylation sites (N-methyl/N-ethyl adjacent to an activating group) is 3. The van der Waals surface area contributed by atoms with Gasteiger partial charge in [0.05, 0.1) is 25.6 Å². The van der Waals surface area contributed by atoms with Crippen molar-refractivity contribution >= 4 is 23.3 Å². The molecule has 0 bridgehead atoms. The topological polar surface area (TPSA) is 128 Å². The molecule has 0 aromatic carbocycles. The van der Waals surface area contributed by atoms with E-state index in [2.05, 4.69) is 43.6 Å². The van der Waals surface area contributed by atoms with E-state index in [0.29, 0.717) is 12.3 Å². The zero-order valence-electron chi connectivity index (χ0n) is 35.0. The molecule has 0 heterocycles. The molecule has 0 saturated heterocycles. The highest BCUT2D eigenvalue weighted by molar-refractivity contribution is 6.41. The number of carbonyl (C=O) groups excluding carboxylic acids is 4. The Morgan fingerprint density at radius 1 is 0.844 bits per heavy atom. The second kappa shape index (κ2) is 27.2. The molecule has 45 heavy (non-hydrogen) atoms. The van der Waals surface area contributed by atoms with Crippen LogP contribution in [0.2, 0.25) is 0 Å². The van der Waals surface area contributed by atoms with E-state index in [-0.39, 0.29) is 42.0 Å². The summed E-state index contributed by atoms with van der Waals surface area (Å²) in [6, 6.07) is -2.77.